The maximum absolute atomic E-state index is 13.0. The van der Waals surface area contributed by atoms with Gasteiger partial charge in [-0.05, 0) is 43.0 Å². The predicted octanol–water partition coefficient (Wildman–Crippen LogP) is 1.94. The van der Waals surface area contributed by atoms with Crippen molar-refractivity contribution < 1.29 is 9.13 Å². The Labute approximate surface area is 102 Å². The normalized spacial score (nSPS) is 12.7. The standard InChI is InChI=1S/C13H21FN2O/c1-3-6-17-9-13(16-15)8-11-4-5-12(14)7-10(11)2/h4-5,7,13,16H,3,6,8-9,15H2,1-2H3. The lowest BCUT2D eigenvalue weighted by atomic mass is 10.0. The molecule has 0 bridgehead atoms. The molecule has 1 unspecified atom stereocenters. The van der Waals surface area contributed by atoms with E-state index in [1.807, 2.05) is 6.92 Å². The molecule has 3 nitrogen and oxygen atoms in total. The third-order valence-corrected chi connectivity index (χ3v) is 2.67. The third kappa shape index (κ3) is 4.81. The van der Waals surface area contributed by atoms with Gasteiger partial charge < -0.3 is 4.74 Å². The predicted molar refractivity (Wildman–Crippen MR) is 67.1 cm³/mol. The number of hydrazine groups is 1. The lowest BCUT2D eigenvalue weighted by molar-refractivity contribution is 0.112. The van der Waals surface area contributed by atoms with Gasteiger partial charge >= 0.3 is 0 Å². The molecule has 0 heterocycles. The molecule has 3 N–H and O–H groups in total. The first kappa shape index (κ1) is 14.1. The second-order valence-electron chi connectivity index (χ2n) is 4.21. The highest BCUT2D eigenvalue weighted by Gasteiger charge is 2.10. The van der Waals surface area contributed by atoms with Gasteiger partial charge in [0, 0.05) is 12.6 Å². The average molecular weight is 240 g/mol. The Morgan fingerprint density at radius 1 is 1.47 bits per heavy atom. The Balaban J connectivity index is 2.54. The molecule has 0 radical (unpaired) electrons. The van der Waals surface area contributed by atoms with Crippen LogP contribution in [0, 0.1) is 12.7 Å². The van der Waals surface area contributed by atoms with Crippen molar-refractivity contribution in [3.8, 4) is 0 Å². The molecule has 0 aliphatic rings. The van der Waals surface area contributed by atoms with E-state index in [0.29, 0.717) is 6.61 Å². The van der Waals surface area contributed by atoms with Crippen LogP contribution in [0.3, 0.4) is 0 Å². The number of benzene rings is 1. The molecule has 96 valence electrons. The molecule has 4 heteroatoms. The summed E-state index contributed by atoms with van der Waals surface area (Å²) in [6, 6.07) is 4.87. The van der Waals surface area contributed by atoms with Crippen molar-refractivity contribution in [3.63, 3.8) is 0 Å². The molecule has 0 amide bonds. The summed E-state index contributed by atoms with van der Waals surface area (Å²) in [5.74, 6) is 5.28. The van der Waals surface area contributed by atoms with E-state index in [0.717, 1.165) is 30.6 Å². The molecular weight excluding hydrogens is 219 g/mol. The maximum atomic E-state index is 13.0. The van der Waals surface area contributed by atoms with Crippen LogP contribution in [-0.2, 0) is 11.2 Å². The number of ether oxygens (including phenoxy) is 1. The highest BCUT2D eigenvalue weighted by molar-refractivity contribution is 5.27. The Kier molecular flexibility index (Phi) is 6.11. The second-order valence-corrected chi connectivity index (χ2v) is 4.21. The van der Waals surface area contributed by atoms with Gasteiger partial charge in [0.15, 0.2) is 0 Å². The number of hydrogen-bond donors (Lipinski definition) is 2. The Morgan fingerprint density at radius 3 is 2.82 bits per heavy atom. The van der Waals surface area contributed by atoms with Gasteiger partial charge in [0.25, 0.3) is 0 Å². The monoisotopic (exact) mass is 240 g/mol. The lowest BCUT2D eigenvalue weighted by Crippen LogP contribution is -2.40. The van der Waals surface area contributed by atoms with Gasteiger partial charge in [-0.25, -0.2) is 4.39 Å². The number of nitrogens with two attached hydrogens (primary N) is 1. The van der Waals surface area contributed by atoms with Crippen LogP contribution in [0.1, 0.15) is 24.5 Å². The van der Waals surface area contributed by atoms with E-state index in [1.54, 1.807) is 6.07 Å². The fourth-order valence-corrected chi connectivity index (χ4v) is 1.69. The molecule has 1 aromatic carbocycles. The zero-order valence-corrected chi connectivity index (χ0v) is 10.5. The first-order chi connectivity index (χ1) is 8.17. The van der Waals surface area contributed by atoms with Gasteiger partial charge in [-0.1, -0.05) is 13.0 Å². The SMILES string of the molecule is CCCOCC(Cc1ccc(F)cc1C)NN. The maximum Gasteiger partial charge on any atom is 0.123 e. The zero-order chi connectivity index (χ0) is 12.7. The molecule has 1 aromatic rings. The number of halogens is 1. The summed E-state index contributed by atoms with van der Waals surface area (Å²) in [6.07, 6.45) is 1.74. The van der Waals surface area contributed by atoms with Crippen LogP contribution in [0.4, 0.5) is 4.39 Å². The topological polar surface area (TPSA) is 47.3 Å². The van der Waals surface area contributed by atoms with Gasteiger partial charge in [-0.15, -0.1) is 0 Å². The van der Waals surface area contributed by atoms with Crippen LogP contribution in [0.25, 0.3) is 0 Å². The van der Waals surface area contributed by atoms with Crippen molar-refractivity contribution in [2.75, 3.05) is 13.2 Å². The van der Waals surface area contributed by atoms with E-state index >= 15 is 0 Å². The Morgan fingerprint density at radius 2 is 2.24 bits per heavy atom. The number of hydrogen-bond acceptors (Lipinski definition) is 3. The number of rotatable bonds is 7. The van der Waals surface area contributed by atoms with E-state index in [9.17, 15) is 4.39 Å². The molecule has 1 rings (SSSR count). The van der Waals surface area contributed by atoms with Gasteiger partial charge in [0.2, 0.25) is 0 Å². The summed E-state index contributed by atoms with van der Waals surface area (Å²) in [4.78, 5) is 0. The van der Waals surface area contributed by atoms with Crippen LogP contribution in [0.15, 0.2) is 18.2 Å². The van der Waals surface area contributed by atoms with Crippen molar-refractivity contribution in [2.45, 2.75) is 32.7 Å². The summed E-state index contributed by atoms with van der Waals surface area (Å²) in [5.41, 5.74) is 4.77. The van der Waals surface area contributed by atoms with Crippen LogP contribution in [0.2, 0.25) is 0 Å². The highest BCUT2D eigenvalue weighted by atomic mass is 19.1. The largest absolute Gasteiger partial charge is 0.380 e. The molecule has 0 aliphatic carbocycles. The zero-order valence-electron chi connectivity index (χ0n) is 10.5. The van der Waals surface area contributed by atoms with E-state index in [2.05, 4.69) is 12.3 Å². The fraction of sp³-hybridized carbons (Fsp3) is 0.538. The lowest BCUT2D eigenvalue weighted by Gasteiger charge is -2.17. The molecule has 0 saturated carbocycles. The van der Waals surface area contributed by atoms with E-state index in [4.69, 9.17) is 10.6 Å². The first-order valence-electron chi connectivity index (χ1n) is 5.96. The average Bonchev–Trinajstić information content (AvgIpc) is 2.31. The summed E-state index contributed by atoms with van der Waals surface area (Å²) in [7, 11) is 0. The Bertz CT molecular complexity index is 344. The van der Waals surface area contributed by atoms with Crippen LogP contribution >= 0.6 is 0 Å². The highest BCUT2D eigenvalue weighted by Crippen LogP contribution is 2.12. The number of nitrogens with one attached hydrogen (secondary N) is 1. The summed E-state index contributed by atoms with van der Waals surface area (Å²) >= 11 is 0. The molecule has 0 saturated heterocycles. The van der Waals surface area contributed by atoms with Crippen LogP contribution in [-0.4, -0.2) is 19.3 Å². The van der Waals surface area contributed by atoms with Crippen LogP contribution in [0.5, 0.6) is 0 Å². The van der Waals surface area contributed by atoms with Crippen molar-refractivity contribution in [3.05, 3.63) is 35.1 Å². The Hall–Kier alpha value is -0.970. The quantitative estimate of drug-likeness (QED) is 0.435. The molecule has 17 heavy (non-hydrogen) atoms. The molecule has 0 aromatic heterocycles. The van der Waals surface area contributed by atoms with Crippen molar-refractivity contribution in [2.24, 2.45) is 5.84 Å². The minimum absolute atomic E-state index is 0.0608. The smallest absolute Gasteiger partial charge is 0.123 e. The molecule has 0 aliphatic heterocycles. The minimum atomic E-state index is -0.203. The van der Waals surface area contributed by atoms with E-state index in [-0.39, 0.29) is 11.9 Å². The number of aryl methyl sites for hydroxylation is 1. The van der Waals surface area contributed by atoms with E-state index < -0.39 is 0 Å². The second kappa shape index (κ2) is 7.37. The van der Waals surface area contributed by atoms with Crippen molar-refractivity contribution in [1.82, 2.24) is 5.43 Å². The van der Waals surface area contributed by atoms with Gasteiger partial charge in [-0.3, -0.25) is 11.3 Å². The van der Waals surface area contributed by atoms with Gasteiger partial charge in [0.1, 0.15) is 5.82 Å². The summed E-state index contributed by atoms with van der Waals surface area (Å²) in [5, 5.41) is 0. The molecule has 0 spiro atoms. The van der Waals surface area contributed by atoms with Gasteiger partial charge in [0.05, 0.1) is 6.61 Å². The summed E-state index contributed by atoms with van der Waals surface area (Å²) < 4.78 is 18.4. The molecular formula is C13H21FN2O. The van der Waals surface area contributed by atoms with Crippen LogP contribution < -0.4 is 11.3 Å². The fourth-order valence-electron chi connectivity index (χ4n) is 1.69. The van der Waals surface area contributed by atoms with E-state index in [1.165, 1.54) is 12.1 Å². The van der Waals surface area contributed by atoms with Gasteiger partial charge in [-0.2, -0.15) is 0 Å². The first-order valence-corrected chi connectivity index (χ1v) is 5.96. The molecule has 0 fully saturated rings. The van der Waals surface area contributed by atoms with Crippen molar-refractivity contribution >= 4 is 0 Å². The third-order valence-electron chi connectivity index (χ3n) is 2.67. The minimum Gasteiger partial charge on any atom is -0.380 e. The summed E-state index contributed by atoms with van der Waals surface area (Å²) in [6.45, 7) is 5.27. The van der Waals surface area contributed by atoms with Crippen molar-refractivity contribution in [1.29, 1.82) is 0 Å². The molecule has 1 atom stereocenters.